The van der Waals surface area contributed by atoms with Gasteiger partial charge in [-0.1, -0.05) is 28.1 Å². The van der Waals surface area contributed by atoms with Crippen molar-refractivity contribution in [2.24, 2.45) is 0 Å². The van der Waals surface area contributed by atoms with E-state index in [1.54, 1.807) is 6.07 Å². The summed E-state index contributed by atoms with van der Waals surface area (Å²) in [6.45, 7) is 1.93. The summed E-state index contributed by atoms with van der Waals surface area (Å²) in [6.07, 6.45) is 3.52. The number of benzene rings is 1. The molecular weight excluding hydrogens is 228 g/mol. The van der Waals surface area contributed by atoms with Crippen LogP contribution in [-0.2, 0) is 6.42 Å². The Morgan fingerprint density at radius 1 is 1.31 bits per heavy atom. The van der Waals surface area contributed by atoms with Gasteiger partial charge in [-0.2, -0.15) is 0 Å². The fraction of sp³-hybridized carbons (Fsp3) is 0.455. The van der Waals surface area contributed by atoms with Gasteiger partial charge in [0.25, 0.3) is 0 Å². The molecule has 1 aromatic rings. The molecule has 0 aliphatic rings. The Kier molecular flexibility index (Phi) is 4.29. The van der Waals surface area contributed by atoms with Crippen molar-refractivity contribution >= 4 is 15.9 Å². The lowest BCUT2D eigenvalue weighted by atomic mass is 10.1. The average Bonchev–Trinajstić information content (AvgIpc) is 2.12. The fourth-order valence-electron chi connectivity index (χ4n) is 1.30. The number of halogens is 1. The quantitative estimate of drug-likeness (QED) is 0.634. The Morgan fingerprint density at radius 3 is 2.69 bits per heavy atom. The summed E-state index contributed by atoms with van der Waals surface area (Å²) in [6, 6.07) is 5.83. The van der Waals surface area contributed by atoms with Gasteiger partial charge in [0.15, 0.2) is 0 Å². The van der Waals surface area contributed by atoms with Crippen molar-refractivity contribution in [3.05, 3.63) is 29.3 Å². The van der Waals surface area contributed by atoms with Gasteiger partial charge in [0.05, 0.1) is 0 Å². The first-order valence-electron chi connectivity index (χ1n) is 4.58. The lowest BCUT2D eigenvalue weighted by molar-refractivity contribution is 0.471. The molecule has 1 N–H and O–H groups in total. The van der Waals surface area contributed by atoms with Crippen LogP contribution >= 0.6 is 15.9 Å². The zero-order chi connectivity index (χ0) is 9.68. The summed E-state index contributed by atoms with van der Waals surface area (Å²) in [5, 5.41) is 10.4. The summed E-state index contributed by atoms with van der Waals surface area (Å²) in [5.41, 5.74) is 2.28. The van der Waals surface area contributed by atoms with E-state index >= 15 is 0 Å². The second kappa shape index (κ2) is 5.28. The molecule has 13 heavy (non-hydrogen) atoms. The van der Waals surface area contributed by atoms with Gasteiger partial charge in [0.2, 0.25) is 0 Å². The number of phenolic OH excluding ortho intramolecular Hbond substituents is 1. The molecule has 0 spiro atoms. The van der Waals surface area contributed by atoms with Crippen LogP contribution in [0, 0.1) is 6.92 Å². The highest BCUT2D eigenvalue weighted by Gasteiger charge is 1.97. The van der Waals surface area contributed by atoms with E-state index < -0.39 is 0 Å². The zero-order valence-electron chi connectivity index (χ0n) is 7.89. The molecule has 0 amide bonds. The molecule has 0 fully saturated rings. The number of alkyl halides is 1. The fourth-order valence-corrected chi connectivity index (χ4v) is 1.69. The van der Waals surface area contributed by atoms with Gasteiger partial charge in [-0.15, -0.1) is 0 Å². The molecule has 0 radical (unpaired) electrons. The van der Waals surface area contributed by atoms with Gasteiger partial charge in [-0.25, -0.2) is 0 Å². The van der Waals surface area contributed by atoms with Crippen LogP contribution in [0.2, 0.25) is 0 Å². The van der Waals surface area contributed by atoms with Crippen LogP contribution in [0.25, 0.3) is 0 Å². The standard InChI is InChI=1S/C11H15BrO/c1-9-8-10(4-2-3-7-12)5-6-11(9)13/h5-6,8,13H,2-4,7H2,1H3. The van der Waals surface area contributed by atoms with E-state index in [1.807, 2.05) is 13.0 Å². The van der Waals surface area contributed by atoms with Crippen molar-refractivity contribution in [1.82, 2.24) is 0 Å². The van der Waals surface area contributed by atoms with Crippen molar-refractivity contribution in [3.8, 4) is 5.75 Å². The van der Waals surface area contributed by atoms with Crippen molar-refractivity contribution in [3.63, 3.8) is 0 Å². The highest BCUT2D eigenvalue weighted by atomic mass is 79.9. The van der Waals surface area contributed by atoms with E-state index in [4.69, 9.17) is 0 Å². The molecule has 2 heteroatoms. The lowest BCUT2D eigenvalue weighted by Gasteiger charge is -2.03. The van der Waals surface area contributed by atoms with Gasteiger partial charge < -0.3 is 5.11 Å². The van der Waals surface area contributed by atoms with Crippen molar-refractivity contribution in [2.45, 2.75) is 26.2 Å². The van der Waals surface area contributed by atoms with Crippen LogP contribution < -0.4 is 0 Å². The van der Waals surface area contributed by atoms with Crippen LogP contribution in [-0.4, -0.2) is 10.4 Å². The van der Waals surface area contributed by atoms with Gasteiger partial charge in [-0.05, 0) is 43.4 Å². The lowest BCUT2D eigenvalue weighted by Crippen LogP contribution is -1.87. The summed E-state index contributed by atoms with van der Waals surface area (Å²) in [4.78, 5) is 0. The summed E-state index contributed by atoms with van der Waals surface area (Å²) in [7, 11) is 0. The first-order valence-corrected chi connectivity index (χ1v) is 5.70. The third-order valence-corrected chi connectivity index (χ3v) is 2.67. The maximum absolute atomic E-state index is 9.31. The van der Waals surface area contributed by atoms with Gasteiger partial charge in [0.1, 0.15) is 5.75 Å². The van der Waals surface area contributed by atoms with Gasteiger partial charge in [-0.3, -0.25) is 0 Å². The number of hydrogen-bond donors (Lipinski definition) is 1. The number of unbranched alkanes of at least 4 members (excludes halogenated alkanes) is 1. The number of aromatic hydroxyl groups is 1. The molecule has 0 saturated carbocycles. The van der Waals surface area contributed by atoms with E-state index in [9.17, 15) is 5.11 Å². The third kappa shape index (κ3) is 3.39. The molecule has 0 aliphatic carbocycles. The maximum atomic E-state index is 9.31. The Labute approximate surface area is 87.9 Å². The molecule has 72 valence electrons. The molecular formula is C11H15BrO. The first-order chi connectivity index (χ1) is 6.24. The smallest absolute Gasteiger partial charge is 0.118 e. The van der Waals surface area contributed by atoms with Crippen molar-refractivity contribution < 1.29 is 5.11 Å². The molecule has 0 heterocycles. The van der Waals surface area contributed by atoms with Crippen molar-refractivity contribution in [2.75, 3.05) is 5.33 Å². The monoisotopic (exact) mass is 242 g/mol. The normalized spacial score (nSPS) is 10.3. The molecule has 0 unspecified atom stereocenters. The van der Waals surface area contributed by atoms with Crippen molar-refractivity contribution in [1.29, 1.82) is 0 Å². The minimum absolute atomic E-state index is 0.393. The van der Waals surface area contributed by atoms with Crippen LogP contribution in [0.4, 0.5) is 0 Å². The molecule has 0 bridgehead atoms. The Balaban J connectivity index is 2.53. The van der Waals surface area contributed by atoms with Crippen LogP contribution in [0.5, 0.6) is 5.75 Å². The number of phenols is 1. The van der Waals surface area contributed by atoms with E-state index in [-0.39, 0.29) is 0 Å². The molecule has 0 saturated heterocycles. The topological polar surface area (TPSA) is 20.2 Å². The number of hydrogen-bond acceptors (Lipinski definition) is 1. The van der Waals surface area contributed by atoms with Crippen LogP contribution in [0.15, 0.2) is 18.2 Å². The van der Waals surface area contributed by atoms with E-state index in [1.165, 1.54) is 18.4 Å². The van der Waals surface area contributed by atoms with Crippen LogP contribution in [0.1, 0.15) is 24.0 Å². The number of rotatable bonds is 4. The highest BCUT2D eigenvalue weighted by molar-refractivity contribution is 9.09. The largest absolute Gasteiger partial charge is 0.508 e. The first kappa shape index (κ1) is 10.6. The van der Waals surface area contributed by atoms with E-state index in [2.05, 4.69) is 22.0 Å². The van der Waals surface area contributed by atoms with E-state index in [0.717, 1.165) is 17.3 Å². The molecule has 1 rings (SSSR count). The molecule has 1 aromatic carbocycles. The predicted molar refractivity (Wildman–Crippen MR) is 59.6 cm³/mol. The highest BCUT2D eigenvalue weighted by Crippen LogP contribution is 2.18. The SMILES string of the molecule is Cc1cc(CCCCBr)ccc1O. The predicted octanol–water partition coefficient (Wildman–Crippen LogP) is 3.42. The Hall–Kier alpha value is -0.500. The molecule has 0 aliphatic heterocycles. The Bertz CT molecular complexity index is 271. The second-order valence-corrected chi connectivity index (χ2v) is 4.06. The summed E-state index contributed by atoms with van der Waals surface area (Å²) < 4.78 is 0. The minimum atomic E-state index is 0.393. The van der Waals surface area contributed by atoms with Crippen LogP contribution in [0.3, 0.4) is 0 Å². The third-order valence-electron chi connectivity index (χ3n) is 2.11. The molecule has 1 nitrogen and oxygen atoms in total. The second-order valence-electron chi connectivity index (χ2n) is 3.27. The molecule has 0 aromatic heterocycles. The Morgan fingerprint density at radius 2 is 2.08 bits per heavy atom. The summed E-state index contributed by atoms with van der Waals surface area (Å²) in [5.74, 6) is 0.393. The zero-order valence-corrected chi connectivity index (χ0v) is 9.47. The van der Waals surface area contributed by atoms with Gasteiger partial charge >= 0.3 is 0 Å². The average molecular weight is 243 g/mol. The molecule has 0 atom stereocenters. The summed E-state index contributed by atoms with van der Waals surface area (Å²) >= 11 is 3.41. The van der Waals surface area contributed by atoms with Gasteiger partial charge in [0, 0.05) is 5.33 Å². The van der Waals surface area contributed by atoms with E-state index in [0.29, 0.717) is 5.75 Å². The maximum Gasteiger partial charge on any atom is 0.118 e. The minimum Gasteiger partial charge on any atom is -0.508 e. The number of aryl methyl sites for hydroxylation is 2.